The molecule has 0 aromatic carbocycles. The summed E-state index contributed by atoms with van der Waals surface area (Å²) in [5.41, 5.74) is 3.37. The Morgan fingerprint density at radius 1 is 1.41 bits per heavy atom. The third-order valence-corrected chi connectivity index (χ3v) is 4.68. The third kappa shape index (κ3) is 2.67. The lowest BCUT2D eigenvalue weighted by molar-refractivity contribution is 0.235. The average Bonchev–Trinajstić information content (AvgIpc) is 3.19. The SMILES string of the molecule is Cc1cc(CN2CCc3nc(-c4cccs4)ncc3C2)no1. The molecular formula is C16H16N4OS. The van der Waals surface area contributed by atoms with E-state index in [-0.39, 0.29) is 0 Å². The lowest BCUT2D eigenvalue weighted by Crippen LogP contribution is -2.31. The Balaban J connectivity index is 1.52. The predicted molar refractivity (Wildman–Crippen MR) is 84.4 cm³/mol. The van der Waals surface area contributed by atoms with Crippen LogP contribution in [0.3, 0.4) is 0 Å². The van der Waals surface area contributed by atoms with Crippen molar-refractivity contribution in [1.82, 2.24) is 20.0 Å². The molecule has 0 fully saturated rings. The molecule has 22 heavy (non-hydrogen) atoms. The van der Waals surface area contributed by atoms with Crippen molar-refractivity contribution in [3.8, 4) is 10.7 Å². The van der Waals surface area contributed by atoms with Gasteiger partial charge in [0.1, 0.15) is 5.76 Å². The van der Waals surface area contributed by atoms with Crippen molar-refractivity contribution in [2.75, 3.05) is 6.54 Å². The fourth-order valence-corrected chi connectivity index (χ4v) is 3.42. The van der Waals surface area contributed by atoms with Crippen LogP contribution < -0.4 is 0 Å². The molecule has 0 unspecified atom stereocenters. The molecule has 0 spiro atoms. The Morgan fingerprint density at radius 2 is 2.36 bits per heavy atom. The van der Waals surface area contributed by atoms with Crippen LogP contribution in [0.2, 0.25) is 0 Å². The summed E-state index contributed by atoms with van der Waals surface area (Å²) in [5, 5.41) is 6.12. The van der Waals surface area contributed by atoms with E-state index in [4.69, 9.17) is 9.51 Å². The van der Waals surface area contributed by atoms with E-state index < -0.39 is 0 Å². The number of fused-ring (bicyclic) bond motifs is 1. The number of hydrogen-bond acceptors (Lipinski definition) is 6. The highest BCUT2D eigenvalue weighted by atomic mass is 32.1. The number of aryl methyl sites for hydroxylation is 1. The highest BCUT2D eigenvalue weighted by Gasteiger charge is 2.20. The van der Waals surface area contributed by atoms with E-state index >= 15 is 0 Å². The fourth-order valence-electron chi connectivity index (χ4n) is 2.76. The Labute approximate surface area is 132 Å². The average molecular weight is 312 g/mol. The van der Waals surface area contributed by atoms with Crippen molar-refractivity contribution < 1.29 is 4.52 Å². The minimum atomic E-state index is 0.809. The van der Waals surface area contributed by atoms with Crippen LogP contribution in [0.25, 0.3) is 10.7 Å². The van der Waals surface area contributed by atoms with Gasteiger partial charge in [-0.15, -0.1) is 11.3 Å². The molecule has 3 aromatic rings. The van der Waals surface area contributed by atoms with Gasteiger partial charge < -0.3 is 4.52 Å². The molecule has 0 bridgehead atoms. The molecular weight excluding hydrogens is 296 g/mol. The second kappa shape index (κ2) is 5.62. The van der Waals surface area contributed by atoms with Crippen molar-refractivity contribution >= 4 is 11.3 Å². The van der Waals surface area contributed by atoms with E-state index in [0.29, 0.717) is 0 Å². The van der Waals surface area contributed by atoms with E-state index in [9.17, 15) is 0 Å². The number of hydrogen-bond donors (Lipinski definition) is 0. The van der Waals surface area contributed by atoms with Gasteiger partial charge in [0.2, 0.25) is 0 Å². The van der Waals surface area contributed by atoms with E-state index in [0.717, 1.165) is 48.2 Å². The molecule has 0 aliphatic carbocycles. The van der Waals surface area contributed by atoms with Gasteiger partial charge in [0.05, 0.1) is 16.3 Å². The van der Waals surface area contributed by atoms with Crippen LogP contribution in [0.15, 0.2) is 34.3 Å². The zero-order chi connectivity index (χ0) is 14.9. The number of nitrogens with zero attached hydrogens (tertiary/aromatic N) is 4. The zero-order valence-electron chi connectivity index (χ0n) is 12.3. The Morgan fingerprint density at radius 3 is 3.14 bits per heavy atom. The summed E-state index contributed by atoms with van der Waals surface area (Å²) in [7, 11) is 0. The van der Waals surface area contributed by atoms with Crippen molar-refractivity contribution in [1.29, 1.82) is 0 Å². The lowest BCUT2D eigenvalue weighted by atomic mass is 10.1. The van der Waals surface area contributed by atoms with Crippen molar-refractivity contribution in [2.24, 2.45) is 0 Å². The molecule has 0 N–H and O–H groups in total. The topological polar surface area (TPSA) is 55.1 Å². The molecule has 1 aliphatic heterocycles. The Hall–Kier alpha value is -2.05. The van der Waals surface area contributed by atoms with Crippen LogP contribution in [0.1, 0.15) is 22.7 Å². The van der Waals surface area contributed by atoms with E-state index in [1.54, 1.807) is 11.3 Å². The first-order chi connectivity index (χ1) is 10.8. The van der Waals surface area contributed by atoms with Crippen LogP contribution in [0.4, 0.5) is 0 Å². The Kier molecular flexibility index (Phi) is 3.48. The summed E-state index contributed by atoms with van der Waals surface area (Å²) in [6, 6.07) is 6.09. The highest BCUT2D eigenvalue weighted by Crippen LogP contribution is 2.24. The zero-order valence-corrected chi connectivity index (χ0v) is 13.1. The minimum Gasteiger partial charge on any atom is -0.361 e. The lowest BCUT2D eigenvalue weighted by Gasteiger charge is -2.27. The third-order valence-electron chi connectivity index (χ3n) is 3.82. The Bertz CT molecular complexity index is 781. The summed E-state index contributed by atoms with van der Waals surface area (Å²) in [5.74, 6) is 1.70. The van der Waals surface area contributed by atoms with Gasteiger partial charge in [-0.2, -0.15) is 0 Å². The van der Waals surface area contributed by atoms with Crippen molar-refractivity contribution in [2.45, 2.75) is 26.4 Å². The quantitative estimate of drug-likeness (QED) is 0.744. The van der Waals surface area contributed by atoms with Gasteiger partial charge in [-0.1, -0.05) is 11.2 Å². The summed E-state index contributed by atoms with van der Waals surface area (Å²) in [6.45, 7) is 4.58. The maximum Gasteiger partial charge on any atom is 0.169 e. The molecule has 5 nitrogen and oxygen atoms in total. The molecule has 0 atom stereocenters. The largest absolute Gasteiger partial charge is 0.361 e. The summed E-state index contributed by atoms with van der Waals surface area (Å²) in [4.78, 5) is 12.7. The fraction of sp³-hybridized carbons (Fsp3) is 0.312. The summed E-state index contributed by atoms with van der Waals surface area (Å²) >= 11 is 1.68. The first-order valence-corrected chi connectivity index (χ1v) is 8.19. The first-order valence-electron chi connectivity index (χ1n) is 7.31. The van der Waals surface area contributed by atoms with Crippen molar-refractivity contribution in [3.05, 3.63) is 52.5 Å². The number of rotatable bonds is 3. The van der Waals surface area contributed by atoms with Gasteiger partial charge in [0, 0.05) is 43.9 Å². The molecule has 0 saturated heterocycles. The second-order valence-corrected chi connectivity index (χ2v) is 6.48. The molecule has 0 amide bonds. The van der Waals surface area contributed by atoms with E-state index in [2.05, 4.69) is 26.5 Å². The standard InChI is InChI=1S/C16H16N4OS/c1-11-7-13(19-21-11)10-20-5-4-14-12(9-20)8-17-16(18-14)15-3-2-6-22-15/h2-3,6-8H,4-5,9-10H2,1H3. The molecule has 0 radical (unpaired) electrons. The minimum absolute atomic E-state index is 0.809. The van der Waals surface area contributed by atoms with E-state index in [1.807, 2.05) is 25.3 Å². The van der Waals surface area contributed by atoms with Gasteiger partial charge in [-0.25, -0.2) is 9.97 Å². The van der Waals surface area contributed by atoms with Crippen LogP contribution in [-0.2, 0) is 19.5 Å². The molecule has 3 aromatic heterocycles. The van der Waals surface area contributed by atoms with Crippen LogP contribution in [0.5, 0.6) is 0 Å². The maximum atomic E-state index is 5.13. The van der Waals surface area contributed by atoms with Gasteiger partial charge in [-0.05, 0) is 18.4 Å². The van der Waals surface area contributed by atoms with Gasteiger partial charge >= 0.3 is 0 Å². The summed E-state index contributed by atoms with van der Waals surface area (Å²) in [6.07, 6.45) is 2.92. The first kappa shape index (κ1) is 13.6. The van der Waals surface area contributed by atoms with Crippen LogP contribution in [-0.4, -0.2) is 26.6 Å². The maximum absolute atomic E-state index is 5.13. The van der Waals surface area contributed by atoms with Crippen molar-refractivity contribution in [3.63, 3.8) is 0 Å². The monoisotopic (exact) mass is 312 g/mol. The molecule has 1 aliphatic rings. The van der Waals surface area contributed by atoms with Gasteiger partial charge in [0.25, 0.3) is 0 Å². The normalized spacial score (nSPS) is 15.0. The molecule has 4 heterocycles. The second-order valence-electron chi connectivity index (χ2n) is 5.53. The highest BCUT2D eigenvalue weighted by molar-refractivity contribution is 7.13. The molecule has 0 saturated carbocycles. The van der Waals surface area contributed by atoms with E-state index in [1.165, 1.54) is 11.3 Å². The summed E-state index contributed by atoms with van der Waals surface area (Å²) < 4.78 is 5.13. The van der Waals surface area contributed by atoms with Gasteiger partial charge in [0.15, 0.2) is 5.82 Å². The molecule has 112 valence electrons. The molecule has 6 heteroatoms. The van der Waals surface area contributed by atoms with Gasteiger partial charge in [-0.3, -0.25) is 4.90 Å². The van der Waals surface area contributed by atoms with Crippen LogP contribution in [0, 0.1) is 6.92 Å². The smallest absolute Gasteiger partial charge is 0.169 e. The number of aromatic nitrogens is 3. The predicted octanol–water partition coefficient (Wildman–Crippen LogP) is 3.06. The van der Waals surface area contributed by atoms with Crippen LogP contribution >= 0.6 is 11.3 Å². The molecule has 4 rings (SSSR count). The number of thiophene rings is 1.